The molecule has 1 heterocycles. The second-order valence-electron chi connectivity index (χ2n) is 4.27. The molecule has 18 heavy (non-hydrogen) atoms. The van der Waals surface area contributed by atoms with Gasteiger partial charge in [-0.15, -0.1) is 0 Å². The van der Waals surface area contributed by atoms with Gasteiger partial charge in [-0.1, -0.05) is 12.1 Å². The number of hydrogen-bond acceptors (Lipinski definition) is 2. The van der Waals surface area contributed by atoms with Crippen molar-refractivity contribution >= 4 is 0 Å². The molecule has 1 fully saturated rings. The topological polar surface area (TPSA) is 21.3 Å². The molecule has 0 aromatic heterocycles. The fourth-order valence-electron chi connectivity index (χ4n) is 2.01. The minimum absolute atomic E-state index is 0.202. The van der Waals surface area contributed by atoms with Gasteiger partial charge in [-0.3, -0.25) is 0 Å². The fraction of sp³-hybridized carbons (Fsp3) is 0.500. The Balaban J connectivity index is 2.29. The van der Waals surface area contributed by atoms with Gasteiger partial charge in [0.15, 0.2) is 11.6 Å². The van der Waals surface area contributed by atoms with Crippen LogP contribution in [0.25, 0.3) is 0 Å². The molecule has 100 valence electrons. The van der Waals surface area contributed by atoms with E-state index >= 15 is 0 Å². The molecule has 1 saturated heterocycles. The van der Waals surface area contributed by atoms with E-state index in [1.807, 2.05) is 0 Å². The summed E-state index contributed by atoms with van der Waals surface area (Å²) in [7, 11) is 0. The molecule has 6 heteroatoms. The molecular formula is C12H13F4NO. The Morgan fingerprint density at radius 1 is 1.11 bits per heavy atom. The minimum atomic E-state index is -4.52. The first-order valence-electron chi connectivity index (χ1n) is 5.66. The number of hydrogen-bond donors (Lipinski definition) is 1. The molecule has 2 nitrogen and oxygen atoms in total. The summed E-state index contributed by atoms with van der Waals surface area (Å²) in [5.74, 6) is -1.13. The van der Waals surface area contributed by atoms with Gasteiger partial charge >= 0.3 is 6.18 Å². The molecule has 0 unspecified atom stereocenters. The molecule has 0 atom stereocenters. The van der Waals surface area contributed by atoms with Gasteiger partial charge in [0.25, 0.3) is 0 Å². The average molecular weight is 263 g/mol. The maximum atomic E-state index is 13.4. The van der Waals surface area contributed by atoms with Crippen LogP contribution in [0.3, 0.4) is 0 Å². The van der Waals surface area contributed by atoms with Gasteiger partial charge in [0.2, 0.25) is 5.60 Å². The number of rotatable bonds is 2. The lowest BCUT2D eigenvalue weighted by molar-refractivity contribution is -0.256. The van der Waals surface area contributed by atoms with E-state index in [-0.39, 0.29) is 31.7 Å². The number of benzene rings is 1. The molecule has 1 aromatic carbocycles. The standard InChI is InChI=1S/C12H13F4NO/c13-9-3-1-2-4-10(9)18-11(12(14,15)16)5-7-17-8-6-11/h1-4,17H,5-8H2. The van der Waals surface area contributed by atoms with Gasteiger partial charge in [-0.05, 0) is 25.2 Å². The first-order chi connectivity index (χ1) is 8.45. The lowest BCUT2D eigenvalue weighted by Gasteiger charge is -2.39. The zero-order valence-corrected chi connectivity index (χ0v) is 9.56. The van der Waals surface area contributed by atoms with Crippen molar-refractivity contribution in [1.29, 1.82) is 0 Å². The van der Waals surface area contributed by atoms with Crippen LogP contribution in [0.15, 0.2) is 24.3 Å². The first-order valence-corrected chi connectivity index (χ1v) is 5.66. The van der Waals surface area contributed by atoms with Crippen LogP contribution >= 0.6 is 0 Å². The van der Waals surface area contributed by atoms with E-state index in [2.05, 4.69) is 5.32 Å². The molecule has 1 N–H and O–H groups in total. The van der Waals surface area contributed by atoms with E-state index < -0.39 is 17.6 Å². The highest BCUT2D eigenvalue weighted by Gasteiger charge is 2.57. The summed E-state index contributed by atoms with van der Waals surface area (Å²) in [4.78, 5) is 0. The number of ether oxygens (including phenoxy) is 1. The number of piperidine rings is 1. The largest absolute Gasteiger partial charge is 0.475 e. The van der Waals surface area contributed by atoms with E-state index in [1.165, 1.54) is 18.2 Å². The van der Waals surface area contributed by atoms with Crippen LogP contribution in [0, 0.1) is 5.82 Å². The van der Waals surface area contributed by atoms with Crippen LogP contribution in [-0.2, 0) is 0 Å². The number of halogens is 4. The van der Waals surface area contributed by atoms with Gasteiger partial charge in [0, 0.05) is 12.8 Å². The molecule has 0 bridgehead atoms. The van der Waals surface area contributed by atoms with E-state index in [9.17, 15) is 17.6 Å². The van der Waals surface area contributed by atoms with Gasteiger partial charge in [-0.25, -0.2) is 4.39 Å². The predicted molar refractivity (Wildman–Crippen MR) is 57.9 cm³/mol. The van der Waals surface area contributed by atoms with Crippen molar-refractivity contribution in [3.8, 4) is 5.75 Å². The Kier molecular flexibility index (Phi) is 3.47. The second-order valence-corrected chi connectivity index (χ2v) is 4.27. The third-order valence-corrected chi connectivity index (χ3v) is 3.07. The number of nitrogens with one attached hydrogen (secondary N) is 1. The molecule has 0 saturated carbocycles. The molecule has 1 aliphatic heterocycles. The average Bonchev–Trinajstić information content (AvgIpc) is 2.32. The normalized spacial score (nSPS) is 19.6. The fourth-order valence-corrected chi connectivity index (χ4v) is 2.01. The zero-order chi connectivity index (χ0) is 13.2. The van der Waals surface area contributed by atoms with Crippen molar-refractivity contribution < 1.29 is 22.3 Å². The highest BCUT2D eigenvalue weighted by Crippen LogP contribution is 2.41. The Bertz CT molecular complexity index is 413. The molecule has 2 rings (SSSR count). The highest BCUT2D eigenvalue weighted by molar-refractivity contribution is 5.25. The highest BCUT2D eigenvalue weighted by atomic mass is 19.4. The Morgan fingerprint density at radius 3 is 2.28 bits per heavy atom. The molecule has 0 spiro atoms. The lowest BCUT2D eigenvalue weighted by Crippen LogP contribution is -2.56. The van der Waals surface area contributed by atoms with Crippen molar-refractivity contribution in [3.05, 3.63) is 30.1 Å². The monoisotopic (exact) mass is 263 g/mol. The van der Waals surface area contributed by atoms with Crippen molar-refractivity contribution in [2.24, 2.45) is 0 Å². The van der Waals surface area contributed by atoms with Crippen LogP contribution in [0.2, 0.25) is 0 Å². The van der Waals surface area contributed by atoms with Crippen LogP contribution in [0.1, 0.15) is 12.8 Å². The van der Waals surface area contributed by atoms with Crippen LogP contribution < -0.4 is 10.1 Å². The summed E-state index contributed by atoms with van der Waals surface area (Å²) in [5, 5.41) is 2.84. The first kappa shape index (κ1) is 13.1. The third kappa shape index (κ3) is 2.43. The van der Waals surface area contributed by atoms with Gasteiger partial charge in [0.1, 0.15) is 0 Å². The SMILES string of the molecule is Fc1ccccc1OC1(C(F)(F)F)CCNCC1. The molecule has 0 aliphatic carbocycles. The smallest absolute Gasteiger partial charge is 0.428 e. The lowest BCUT2D eigenvalue weighted by atomic mass is 9.91. The van der Waals surface area contributed by atoms with Gasteiger partial charge in [-0.2, -0.15) is 13.2 Å². The van der Waals surface area contributed by atoms with E-state index in [0.717, 1.165) is 6.07 Å². The maximum Gasteiger partial charge on any atom is 0.428 e. The summed E-state index contributed by atoms with van der Waals surface area (Å²) in [6.45, 7) is 0.405. The van der Waals surface area contributed by atoms with Gasteiger partial charge < -0.3 is 10.1 Å². The molecule has 1 aromatic rings. The number of para-hydroxylation sites is 1. The Hall–Kier alpha value is -1.30. The predicted octanol–water partition coefficient (Wildman–Crippen LogP) is 2.89. The van der Waals surface area contributed by atoms with Crippen molar-refractivity contribution in [2.75, 3.05) is 13.1 Å². The summed E-state index contributed by atoms with van der Waals surface area (Å²) in [6, 6.07) is 5.15. The van der Waals surface area contributed by atoms with E-state index in [1.54, 1.807) is 0 Å². The van der Waals surface area contributed by atoms with Gasteiger partial charge in [0.05, 0.1) is 0 Å². The van der Waals surface area contributed by atoms with E-state index in [0.29, 0.717) is 0 Å². The summed E-state index contributed by atoms with van der Waals surface area (Å²) < 4.78 is 57.8. The van der Waals surface area contributed by atoms with Crippen LogP contribution in [-0.4, -0.2) is 24.9 Å². The molecule has 1 aliphatic rings. The quantitative estimate of drug-likeness (QED) is 0.828. The van der Waals surface area contributed by atoms with E-state index in [4.69, 9.17) is 4.74 Å². The number of alkyl halides is 3. The van der Waals surface area contributed by atoms with Crippen LogP contribution in [0.5, 0.6) is 5.75 Å². The summed E-state index contributed by atoms with van der Waals surface area (Å²) in [6.07, 6.45) is -4.95. The third-order valence-electron chi connectivity index (χ3n) is 3.07. The Morgan fingerprint density at radius 2 is 1.72 bits per heavy atom. The summed E-state index contributed by atoms with van der Waals surface area (Å²) in [5.41, 5.74) is -2.29. The maximum absolute atomic E-state index is 13.4. The molecule has 0 radical (unpaired) electrons. The van der Waals surface area contributed by atoms with Crippen molar-refractivity contribution in [3.63, 3.8) is 0 Å². The minimum Gasteiger partial charge on any atom is -0.475 e. The second kappa shape index (κ2) is 4.76. The van der Waals surface area contributed by atoms with Crippen molar-refractivity contribution in [1.82, 2.24) is 5.32 Å². The zero-order valence-electron chi connectivity index (χ0n) is 9.56. The Labute approximate surface area is 102 Å². The van der Waals surface area contributed by atoms with Crippen molar-refractivity contribution in [2.45, 2.75) is 24.6 Å². The molecule has 0 amide bonds. The summed E-state index contributed by atoms with van der Waals surface area (Å²) >= 11 is 0. The molecular weight excluding hydrogens is 250 g/mol. The van der Waals surface area contributed by atoms with Crippen LogP contribution in [0.4, 0.5) is 17.6 Å².